The van der Waals surface area contributed by atoms with Gasteiger partial charge in [-0.3, -0.25) is 0 Å². The fourth-order valence-corrected chi connectivity index (χ4v) is 2.76. The fraction of sp³-hybridized carbons (Fsp3) is 0.333. The Morgan fingerprint density at radius 3 is 2.59 bits per heavy atom. The fourth-order valence-electron chi connectivity index (χ4n) is 1.48. The first kappa shape index (κ1) is 12.6. The Hall–Kier alpha value is -0.840. The van der Waals surface area contributed by atoms with Crippen LogP contribution in [-0.4, -0.2) is 41.5 Å². The summed E-state index contributed by atoms with van der Waals surface area (Å²) in [7, 11) is 4.12. The topological polar surface area (TPSA) is 29.0 Å². The van der Waals surface area contributed by atoms with Crippen LogP contribution >= 0.6 is 23.4 Å². The number of hydrogen-bond donors (Lipinski definition) is 0. The molecule has 0 atom stereocenters. The van der Waals surface area contributed by atoms with Crippen LogP contribution in [0.4, 0.5) is 0 Å². The summed E-state index contributed by atoms with van der Waals surface area (Å²) in [5, 5.41) is 11.6. The molecule has 90 valence electrons. The summed E-state index contributed by atoms with van der Waals surface area (Å²) >= 11 is 7.74. The lowest BCUT2D eigenvalue weighted by atomic mass is 10.2. The van der Waals surface area contributed by atoms with Gasteiger partial charge in [0, 0.05) is 23.1 Å². The molecule has 0 saturated carbocycles. The van der Waals surface area contributed by atoms with E-state index >= 15 is 0 Å². The molecule has 1 aromatic carbocycles. The van der Waals surface area contributed by atoms with Crippen molar-refractivity contribution in [3.63, 3.8) is 0 Å². The van der Waals surface area contributed by atoms with Gasteiger partial charge < -0.3 is 4.90 Å². The van der Waals surface area contributed by atoms with E-state index in [9.17, 15) is 0 Å². The monoisotopic (exact) mass is 267 g/mol. The van der Waals surface area contributed by atoms with Crippen LogP contribution in [0.5, 0.6) is 0 Å². The molecular formula is C12H14ClN3S. The van der Waals surface area contributed by atoms with Gasteiger partial charge in [-0.05, 0) is 14.1 Å². The van der Waals surface area contributed by atoms with Crippen LogP contribution in [0.1, 0.15) is 0 Å². The van der Waals surface area contributed by atoms with Crippen LogP contribution in [0.2, 0.25) is 5.15 Å². The second-order valence-electron chi connectivity index (χ2n) is 3.99. The number of hydrogen-bond acceptors (Lipinski definition) is 4. The van der Waals surface area contributed by atoms with Gasteiger partial charge in [0.1, 0.15) is 5.03 Å². The standard InChI is InChI=1S/C12H14ClN3S/c1-16(2)7-8-17-12-10-6-4-3-5-9(10)11(13)14-15-12/h3-6H,7-8H2,1-2H3. The minimum atomic E-state index is 0.470. The van der Waals surface area contributed by atoms with E-state index in [0.717, 1.165) is 28.1 Å². The number of fused-ring (bicyclic) bond motifs is 1. The second-order valence-corrected chi connectivity index (χ2v) is 5.43. The first-order chi connectivity index (χ1) is 8.18. The smallest absolute Gasteiger partial charge is 0.159 e. The molecule has 5 heteroatoms. The lowest BCUT2D eigenvalue weighted by molar-refractivity contribution is 0.437. The van der Waals surface area contributed by atoms with Crippen molar-refractivity contribution in [1.29, 1.82) is 0 Å². The molecule has 1 aromatic heterocycles. The van der Waals surface area contributed by atoms with Crippen LogP contribution in [0.15, 0.2) is 29.3 Å². The average Bonchev–Trinajstić information content (AvgIpc) is 2.32. The number of nitrogens with zero attached hydrogens (tertiary/aromatic N) is 3. The number of thioether (sulfide) groups is 1. The molecule has 0 N–H and O–H groups in total. The lowest BCUT2D eigenvalue weighted by Gasteiger charge is -2.09. The zero-order valence-corrected chi connectivity index (χ0v) is 11.4. The molecular weight excluding hydrogens is 254 g/mol. The quantitative estimate of drug-likeness (QED) is 0.797. The number of aromatic nitrogens is 2. The van der Waals surface area contributed by atoms with E-state index in [1.165, 1.54) is 0 Å². The first-order valence-electron chi connectivity index (χ1n) is 5.37. The van der Waals surface area contributed by atoms with Gasteiger partial charge >= 0.3 is 0 Å². The highest BCUT2D eigenvalue weighted by Gasteiger charge is 2.07. The molecule has 0 aliphatic heterocycles. The highest BCUT2D eigenvalue weighted by Crippen LogP contribution is 2.28. The highest BCUT2D eigenvalue weighted by atomic mass is 35.5. The molecule has 0 bridgehead atoms. The third-order valence-electron chi connectivity index (χ3n) is 2.39. The number of halogens is 1. The first-order valence-corrected chi connectivity index (χ1v) is 6.73. The molecule has 0 amide bonds. The van der Waals surface area contributed by atoms with E-state index in [2.05, 4.69) is 29.2 Å². The zero-order valence-electron chi connectivity index (χ0n) is 9.85. The maximum atomic E-state index is 6.02. The van der Waals surface area contributed by atoms with Crippen LogP contribution in [0, 0.1) is 0 Å². The van der Waals surface area contributed by atoms with Gasteiger partial charge in [0.15, 0.2) is 5.15 Å². The van der Waals surface area contributed by atoms with Crippen molar-refractivity contribution in [2.75, 3.05) is 26.4 Å². The summed E-state index contributed by atoms with van der Waals surface area (Å²) in [5.74, 6) is 0.993. The van der Waals surface area contributed by atoms with Gasteiger partial charge in [0.05, 0.1) is 0 Å². The minimum Gasteiger partial charge on any atom is -0.309 e. The average molecular weight is 268 g/mol. The molecule has 0 radical (unpaired) electrons. The molecule has 17 heavy (non-hydrogen) atoms. The third kappa shape index (κ3) is 3.09. The maximum Gasteiger partial charge on any atom is 0.159 e. The van der Waals surface area contributed by atoms with Crippen molar-refractivity contribution in [2.45, 2.75) is 5.03 Å². The van der Waals surface area contributed by atoms with Crippen molar-refractivity contribution in [1.82, 2.24) is 15.1 Å². The Labute approximate surface area is 110 Å². The van der Waals surface area contributed by atoms with Crippen molar-refractivity contribution in [3.8, 4) is 0 Å². The van der Waals surface area contributed by atoms with E-state index in [1.807, 2.05) is 24.3 Å². The second kappa shape index (κ2) is 5.67. The Bertz CT molecular complexity index is 516. The Kier molecular flexibility index (Phi) is 4.20. The number of benzene rings is 1. The van der Waals surface area contributed by atoms with Crippen molar-refractivity contribution >= 4 is 34.1 Å². The maximum absolute atomic E-state index is 6.02. The molecule has 2 aromatic rings. The summed E-state index contributed by atoms with van der Waals surface area (Å²) in [5.41, 5.74) is 0. The van der Waals surface area contributed by atoms with Gasteiger partial charge in [-0.25, -0.2) is 0 Å². The van der Waals surface area contributed by atoms with Crippen LogP contribution in [0.25, 0.3) is 10.8 Å². The molecule has 0 aliphatic rings. The van der Waals surface area contributed by atoms with Crippen LogP contribution < -0.4 is 0 Å². The van der Waals surface area contributed by atoms with Crippen molar-refractivity contribution in [3.05, 3.63) is 29.4 Å². The molecule has 0 unspecified atom stereocenters. The van der Waals surface area contributed by atoms with Crippen molar-refractivity contribution < 1.29 is 0 Å². The largest absolute Gasteiger partial charge is 0.309 e. The van der Waals surface area contributed by atoms with Gasteiger partial charge in [-0.2, -0.15) is 0 Å². The normalized spacial score (nSPS) is 11.3. The molecule has 3 nitrogen and oxygen atoms in total. The summed E-state index contributed by atoms with van der Waals surface area (Å²) < 4.78 is 0. The molecule has 0 saturated heterocycles. The minimum absolute atomic E-state index is 0.470. The molecule has 1 heterocycles. The van der Waals surface area contributed by atoms with E-state index in [4.69, 9.17) is 11.6 Å². The molecule has 0 aliphatic carbocycles. The third-order valence-corrected chi connectivity index (χ3v) is 3.63. The lowest BCUT2D eigenvalue weighted by Crippen LogP contribution is -2.14. The Morgan fingerprint density at radius 1 is 1.18 bits per heavy atom. The van der Waals surface area contributed by atoms with Gasteiger partial charge in [-0.15, -0.1) is 22.0 Å². The van der Waals surface area contributed by atoms with Crippen molar-refractivity contribution in [2.24, 2.45) is 0 Å². The van der Waals surface area contributed by atoms with Gasteiger partial charge in [-0.1, -0.05) is 35.9 Å². The summed E-state index contributed by atoms with van der Waals surface area (Å²) in [6.07, 6.45) is 0. The summed E-state index contributed by atoms with van der Waals surface area (Å²) in [6.45, 7) is 1.02. The van der Waals surface area contributed by atoms with E-state index in [1.54, 1.807) is 11.8 Å². The Balaban J connectivity index is 2.26. The number of rotatable bonds is 4. The summed E-state index contributed by atoms with van der Waals surface area (Å²) in [4.78, 5) is 2.15. The van der Waals surface area contributed by atoms with Crippen LogP contribution in [-0.2, 0) is 0 Å². The zero-order chi connectivity index (χ0) is 12.3. The van der Waals surface area contributed by atoms with Gasteiger partial charge in [0.25, 0.3) is 0 Å². The van der Waals surface area contributed by atoms with E-state index in [0.29, 0.717) is 5.15 Å². The van der Waals surface area contributed by atoms with Crippen LogP contribution in [0.3, 0.4) is 0 Å². The van der Waals surface area contributed by atoms with E-state index in [-0.39, 0.29) is 0 Å². The van der Waals surface area contributed by atoms with E-state index < -0.39 is 0 Å². The molecule has 2 rings (SSSR count). The molecule has 0 fully saturated rings. The van der Waals surface area contributed by atoms with Gasteiger partial charge in [0.2, 0.25) is 0 Å². The predicted molar refractivity (Wildman–Crippen MR) is 73.8 cm³/mol. The highest BCUT2D eigenvalue weighted by molar-refractivity contribution is 7.99. The SMILES string of the molecule is CN(C)CCSc1nnc(Cl)c2ccccc12. The molecule has 0 spiro atoms. The summed E-state index contributed by atoms with van der Waals surface area (Å²) in [6, 6.07) is 7.97. The Morgan fingerprint density at radius 2 is 1.88 bits per heavy atom. The predicted octanol–water partition coefficient (Wildman–Crippen LogP) is 2.94.